The Morgan fingerprint density at radius 3 is 2.77 bits per heavy atom. The van der Waals surface area contributed by atoms with Crippen LogP contribution in [-0.4, -0.2) is 29.0 Å². The van der Waals surface area contributed by atoms with Gasteiger partial charge in [0.1, 0.15) is 11.6 Å². The van der Waals surface area contributed by atoms with Crippen molar-refractivity contribution < 1.29 is 9.18 Å². The highest BCUT2D eigenvalue weighted by Crippen LogP contribution is 2.24. The van der Waals surface area contributed by atoms with Crippen LogP contribution in [0.3, 0.4) is 0 Å². The summed E-state index contributed by atoms with van der Waals surface area (Å²) in [6.07, 6.45) is 3.51. The molecule has 4 rings (SSSR count). The number of piperidine rings is 1. The zero-order valence-electron chi connectivity index (χ0n) is 17.0. The second kappa shape index (κ2) is 9.03. The predicted octanol–water partition coefficient (Wildman–Crippen LogP) is 4.12. The molecule has 0 unspecified atom stereocenters. The van der Waals surface area contributed by atoms with Crippen molar-refractivity contribution in [3.05, 3.63) is 77.7 Å². The van der Waals surface area contributed by atoms with Gasteiger partial charge >= 0.3 is 0 Å². The Balaban J connectivity index is 1.42. The second-order valence-corrected chi connectivity index (χ2v) is 7.67. The van der Waals surface area contributed by atoms with E-state index in [-0.39, 0.29) is 17.6 Å². The molecule has 1 aromatic heterocycles. The van der Waals surface area contributed by atoms with E-state index in [4.69, 9.17) is 0 Å². The van der Waals surface area contributed by atoms with Crippen molar-refractivity contribution in [2.45, 2.75) is 26.3 Å². The summed E-state index contributed by atoms with van der Waals surface area (Å²) >= 11 is 0. The van der Waals surface area contributed by atoms with Crippen LogP contribution in [0.2, 0.25) is 0 Å². The van der Waals surface area contributed by atoms with E-state index in [0.717, 1.165) is 36.3 Å². The molecule has 1 amide bonds. The molecule has 6 heteroatoms. The van der Waals surface area contributed by atoms with Crippen molar-refractivity contribution in [3.8, 4) is 11.4 Å². The minimum Gasteiger partial charge on any atom is -0.356 e. The van der Waals surface area contributed by atoms with Crippen LogP contribution in [0.15, 0.2) is 60.8 Å². The maximum Gasteiger partial charge on any atom is 0.225 e. The third-order valence-corrected chi connectivity index (χ3v) is 5.57. The van der Waals surface area contributed by atoms with Crippen molar-refractivity contribution in [1.29, 1.82) is 0 Å². The van der Waals surface area contributed by atoms with Crippen LogP contribution in [0.4, 0.5) is 10.2 Å². The summed E-state index contributed by atoms with van der Waals surface area (Å²) in [7, 11) is 0. The first-order valence-corrected chi connectivity index (χ1v) is 10.3. The van der Waals surface area contributed by atoms with Crippen molar-refractivity contribution in [2.24, 2.45) is 5.92 Å². The summed E-state index contributed by atoms with van der Waals surface area (Å²) in [6.45, 7) is 4.07. The number of rotatable bonds is 5. The van der Waals surface area contributed by atoms with Gasteiger partial charge in [0.15, 0.2) is 5.82 Å². The Morgan fingerprint density at radius 1 is 1.17 bits per heavy atom. The molecule has 1 saturated heterocycles. The molecule has 3 aromatic rings. The molecule has 154 valence electrons. The van der Waals surface area contributed by atoms with Crippen LogP contribution in [0, 0.1) is 18.7 Å². The highest BCUT2D eigenvalue weighted by molar-refractivity contribution is 5.79. The first-order chi connectivity index (χ1) is 14.6. The van der Waals surface area contributed by atoms with E-state index < -0.39 is 0 Å². The van der Waals surface area contributed by atoms with Crippen LogP contribution in [0.1, 0.15) is 24.0 Å². The number of nitrogens with zero attached hydrogens (tertiary/aromatic N) is 3. The lowest BCUT2D eigenvalue weighted by molar-refractivity contribution is -0.125. The van der Waals surface area contributed by atoms with Crippen LogP contribution in [0.25, 0.3) is 11.4 Å². The largest absolute Gasteiger partial charge is 0.356 e. The molecule has 1 fully saturated rings. The molecule has 2 aromatic carbocycles. The summed E-state index contributed by atoms with van der Waals surface area (Å²) in [5.41, 5.74) is 3.08. The lowest BCUT2D eigenvalue weighted by atomic mass is 9.97. The van der Waals surface area contributed by atoms with Gasteiger partial charge in [-0.15, -0.1) is 0 Å². The van der Waals surface area contributed by atoms with E-state index in [0.29, 0.717) is 18.9 Å². The van der Waals surface area contributed by atoms with Gasteiger partial charge in [-0.25, -0.2) is 14.4 Å². The number of benzene rings is 2. The number of carbonyl (C=O) groups excluding carboxylic acids is 1. The average Bonchev–Trinajstić information content (AvgIpc) is 2.79. The molecule has 5 nitrogen and oxygen atoms in total. The molecule has 2 heterocycles. The van der Waals surface area contributed by atoms with Gasteiger partial charge in [0, 0.05) is 31.4 Å². The molecular formula is C24H25FN4O. The first kappa shape index (κ1) is 20.0. The monoisotopic (exact) mass is 404 g/mol. The maximum absolute atomic E-state index is 13.2. The molecule has 0 saturated carbocycles. The third-order valence-electron chi connectivity index (χ3n) is 5.57. The van der Waals surface area contributed by atoms with Crippen LogP contribution < -0.4 is 10.2 Å². The molecule has 0 bridgehead atoms. The van der Waals surface area contributed by atoms with Gasteiger partial charge in [-0.2, -0.15) is 0 Å². The Kier molecular flexibility index (Phi) is 6.02. The topological polar surface area (TPSA) is 58.1 Å². The first-order valence-electron chi connectivity index (χ1n) is 10.3. The van der Waals surface area contributed by atoms with E-state index in [9.17, 15) is 9.18 Å². The number of amides is 1. The van der Waals surface area contributed by atoms with E-state index >= 15 is 0 Å². The number of aromatic nitrogens is 2. The molecule has 0 spiro atoms. The number of nitrogens with one attached hydrogen (secondary N) is 1. The van der Waals surface area contributed by atoms with Crippen molar-refractivity contribution in [2.75, 3.05) is 18.0 Å². The van der Waals surface area contributed by atoms with Crippen molar-refractivity contribution >= 4 is 11.7 Å². The molecule has 0 radical (unpaired) electrons. The van der Waals surface area contributed by atoms with E-state index in [1.807, 2.05) is 24.3 Å². The Morgan fingerprint density at radius 2 is 1.97 bits per heavy atom. The predicted molar refractivity (Wildman–Crippen MR) is 115 cm³/mol. The standard InChI is InChI=1S/C24H25FN4O/c1-17-5-2-3-6-19(17)15-27-24(30)20-7-4-14-29(16-20)22-12-13-26-23(28-22)18-8-10-21(25)11-9-18/h2-3,5-6,8-13,20H,4,7,14-16H2,1H3,(H,27,30)/t20-/m0/s1. The zero-order chi connectivity index (χ0) is 20.9. The van der Waals surface area contributed by atoms with E-state index in [1.54, 1.807) is 18.3 Å². The number of hydrogen-bond acceptors (Lipinski definition) is 4. The van der Waals surface area contributed by atoms with Gasteiger partial charge in [0.2, 0.25) is 5.91 Å². The molecule has 1 N–H and O–H groups in total. The molecule has 30 heavy (non-hydrogen) atoms. The summed E-state index contributed by atoms with van der Waals surface area (Å²) < 4.78 is 13.2. The third kappa shape index (κ3) is 4.64. The lowest BCUT2D eigenvalue weighted by Gasteiger charge is -2.33. The van der Waals surface area contributed by atoms with Gasteiger partial charge in [-0.3, -0.25) is 4.79 Å². The second-order valence-electron chi connectivity index (χ2n) is 7.67. The van der Waals surface area contributed by atoms with Gasteiger partial charge in [0.05, 0.1) is 5.92 Å². The van der Waals surface area contributed by atoms with Gasteiger partial charge in [-0.05, 0) is 61.2 Å². The number of anilines is 1. The van der Waals surface area contributed by atoms with E-state index in [1.165, 1.54) is 17.7 Å². The zero-order valence-corrected chi connectivity index (χ0v) is 17.0. The van der Waals surface area contributed by atoms with Gasteiger partial charge < -0.3 is 10.2 Å². The number of halogens is 1. The summed E-state index contributed by atoms with van der Waals surface area (Å²) in [5, 5.41) is 3.09. The molecule has 1 aliphatic rings. The van der Waals surface area contributed by atoms with Crippen LogP contribution >= 0.6 is 0 Å². The normalized spacial score (nSPS) is 16.3. The van der Waals surface area contributed by atoms with Gasteiger partial charge in [-0.1, -0.05) is 24.3 Å². The quantitative estimate of drug-likeness (QED) is 0.695. The fraction of sp³-hybridized carbons (Fsp3) is 0.292. The Labute approximate surface area is 176 Å². The smallest absolute Gasteiger partial charge is 0.225 e. The average molecular weight is 404 g/mol. The molecule has 0 aliphatic carbocycles. The molecular weight excluding hydrogens is 379 g/mol. The number of hydrogen-bond donors (Lipinski definition) is 1. The summed E-state index contributed by atoms with van der Waals surface area (Å²) in [6, 6.07) is 16.1. The Hall–Kier alpha value is -3.28. The number of carbonyl (C=O) groups is 1. The summed E-state index contributed by atoms with van der Waals surface area (Å²) in [4.78, 5) is 23.9. The van der Waals surface area contributed by atoms with Crippen LogP contribution in [-0.2, 0) is 11.3 Å². The highest BCUT2D eigenvalue weighted by atomic mass is 19.1. The fourth-order valence-corrected chi connectivity index (χ4v) is 3.80. The van der Waals surface area contributed by atoms with Crippen molar-refractivity contribution in [3.63, 3.8) is 0 Å². The maximum atomic E-state index is 13.2. The van der Waals surface area contributed by atoms with Gasteiger partial charge in [0.25, 0.3) is 0 Å². The van der Waals surface area contributed by atoms with E-state index in [2.05, 4.69) is 33.2 Å². The Bertz CT molecular complexity index is 1020. The summed E-state index contributed by atoms with van der Waals surface area (Å²) in [5.74, 6) is 1.06. The highest BCUT2D eigenvalue weighted by Gasteiger charge is 2.26. The minimum atomic E-state index is -0.287. The lowest BCUT2D eigenvalue weighted by Crippen LogP contribution is -2.43. The minimum absolute atomic E-state index is 0.0768. The molecule has 1 atom stereocenters. The van der Waals surface area contributed by atoms with Crippen LogP contribution in [0.5, 0.6) is 0 Å². The molecule has 1 aliphatic heterocycles. The number of aryl methyl sites for hydroxylation is 1. The fourth-order valence-electron chi connectivity index (χ4n) is 3.80. The SMILES string of the molecule is Cc1ccccc1CNC(=O)[C@H]1CCCN(c2ccnc(-c3ccc(F)cc3)n2)C1. The van der Waals surface area contributed by atoms with Crippen molar-refractivity contribution in [1.82, 2.24) is 15.3 Å².